The lowest BCUT2D eigenvalue weighted by Gasteiger charge is -2.39. The van der Waals surface area contributed by atoms with Crippen LogP contribution in [0.25, 0.3) is 0 Å². The minimum absolute atomic E-state index is 0.000444. The molecule has 0 saturated heterocycles. The summed E-state index contributed by atoms with van der Waals surface area (Å²) >= 11 is 0. The third-order valence-corrected chi connectivity index (χ3v) is 4.92. The molecule has 0 unspecified atom stereocenters. The number of methoxy groups -OCH3 is 1. The molecule has 0 bridgehead atoms. The molecular formula is C17H19F3N2O3. The molecule has 1 fully saturated rings. The van der Waals surface area contributed by atoms with Crippen molar-refractivity contribution in [3.05, 3.63) is 29.8 Å². The van der Waals surface area contributed by atoms with Gasteiger partial charge in [0.2, 0.25) is 0 Å². The summed E-state index contributed by atoms with van der Waals surface area (Å²) in [5.74, 6) is -1.72. The number of nitrogens with zero attached hydrogens (tertiary/aromatic N) is 2. The summed E-state index contributed by atoms with van der Waals surface area (Å²) in [7, 11) is 1.44. The number of ether oxygens (including phenoxy) is 1. The number of aliphatic hydroxyl groups is 1. The molecule has 1 aromatic carbocycles. The Morgan fingerprint density at radius 1 is 1.36 bits per heavy atom. The summed E-state index contributed by atoms with van der Waals surface area (Å²) in [5.41, 5.74) is -3.08. The molecule has 1 aliphatic carbocycles. The van der Waals surface area contributed by atoms with Crippen LogP contribution in [0, 0.1) is 11.8 Å². The molecule has 1 aliphatic heterocycles. The zero-order chi connectivity index (χ0) is 18.4. The van der Waals surface area contributed by atoms with E-state index in [0.717, 1.165) is 0 Å². The number of hydrazone groups is 1. The second-order valence-electron chi connectivity index (χ2n) is 6.59. The number of amides is 1. The summed E-state index contributed by atoms with van der Waals surface area (Å²) in [4.78, 5) is 12.7. The topological polar surface area (TPSA) is 62.1 Å². The van der Waals surface area contributed by atoms with E-state index in [1.165, 1.54) is 31.4 Å². The second kappa shape index (κ2) is 6.01. The summed E-state index contributed by atoms with van der Waals surface area (Å²) in [6.45, 7) is 1.83. The predicted molar refractivity (Wildman–Crippen MR) is 84.1 cm³/mol. The molecule has 2 aliphatic rings. The van der Waals surface area contributed by atoms with E-state index in [9.17, 15) is 23.1 Å². The van der Waals surface area contributed by atoms with E-state index in [1.807, 2.05) is 6.92 Å². The van der Waals surface area contributed by atoms with Crippen molar-refractivity contribution in [2.24, 2.45) is 16.9 Å². The second-order valence-corrected chi connectivity index (χ2v) is 6.59. The standard InChI is InChI=1S/C17H19F3N2O3/c1-10-3-8-14-13(9-10)16(24,17(18,19)20)22(21-14)15(23)11-4-6-12(25-2)7-5-11/h4-7,10,13,24H,3,8-9H2,1-2H3/t10-,13-,16+/m0/s1. The summed E-state index contributed by atoms with van der Waals surface area (Å²) < 4.78 is 46.2. The Morgan fingerprint density at radius 2 is 2.00 bits per heavy atom. The quantitative estimate of drug-likeness (QED) is 0.885. The van der Waals surface area contributed by atoms with Gasteiger partial charge in [0.25, 0.3) is 11.6 Å². The summed E-state index contributed by atoms with van der Waals surface area (Å²) in [6, 6.07) is 5.64. The molecule has 1 aromatic rings. The van der Waals surface area contributed by atoms with Gasteiger partial charge in [0.05, 0.1) is 13.0 Å². The number of hydrogen-bond acceptors (Lipinski definition) is 4. The molecule has 0 radical (unpaired) electrons. The molecule has 0 spiro atoms. The molecule has 8 heteroatoms. The maximum Gasteiger partial charge on any atom is 0.439 e. The van der Waals surface area contributed by atoms with Gasteiger partial charge in [-0.15, -0.1) is 0 Å². The molecule has 3 atom stereocenters. The van der Waals surface area contributed by atoms with Crippen molar-refractivity contribution < 1.29 is 27.8 Å². The van der Waals surface area contributed by atoms with Crippen LogP contribution in [-0.2, 0) is 0 Å². The molecule has 136 valence electrons. The smallest absolute Gasteiger partial charge is 0.439 e. The molecule has 3 rings (SSSR count). The zero-order valence-electron chi connectivity index (χ0n) is 13.9. The van der Waals surface area contributed by atoms with E-state index in [0.29, 0.717) is 18.6 Å². The largest absolute Gasteiger partial charge is 0.497 e. The highest BCUT2D eigenvalue weighted by Crippen LogP contribution is 2.49. The Labute approximate surface area is 143 Å². The van der Waals surface area contributed by atoms with Crippen LogP contribution >= 0.6 is 0 Å². The maximum atomic E-state index is 13.8. The van der Waals surface area contributed by atoms with E-state index in [2.05, 4.69) is 5.10 Å². The van der Waals surface area contributed by atoms with Crippen LogP contribution in [0.15, 0.2) is 29.4 Å². The molecule has 5 nitrogen and oxygen atoms in total. The van der Waals surface area contributed by atoms with Crippen molar-refractivity contribution in [3.8, 4) is 5.75 Å². The van der Waals surface area contributed by atoms with Gasteiger partial charge in [0.15, 0.2) is 0 Å². The summed E-state index contributed by atoms with van der Waals surface area (Å²) in [6.07, 6.45) is -3.84. The van der Waals surface area contributed by atoms with Gasteiger partial charge < -0.3 is 9.84 Å². The maximum absolute atomic E-state index is 13.8. The molecule has 1 heterocycles. The van der Waals surface area contributed by atoms with Gasteiger partial charge in [0.1, 0.15) is 5.75 Å². The van der Waals surface area contributed by atoms with Gasteiger partial charge in [-0.1, -0.05) is 6.92 Å². The number of halogens is 3. The van der Waals surface area contributed by atoms with Crippen LogP contribution in [0.1, 0.15) is 36.5 Å². The Kier molecular flexibility index (Phi) is 4.26. The van der Waals surface area contributed by atoms with Gasteiger partial charge in [-0.25, -0.2) is 0 Å². The third-order valence-electron chi connectivity index (χ3n) is 4.92. The average molecular weight is 356 g/mol. The molecule has 0 aromatic heterocycles. The van der Waals surface area contributed by atoms with Gasteiger partial charge in [0, 0.05) is 11.3 Å². The van der Waals surface area contributed by atoms with Crippen LogP contribution in [0.4, 0.5) is 13.2 Å². The van der Waals surface area contributed by atoms with E-state index >= 15 is 0 Å². The van der Waals surface area contributed by atoms with Gasteiger partial charge in [-0.2, -0.15) is 23.3 Å². The van der Waals surface area contributed by atoms with Gasteiger partial charge in [-0.05, 0) is 49.4 Å². The number of fused-ring (bicyclic) bond motifs is 1. The number of hydrogen-bond donors (Lipinski definition) is 1. The van der Waals surface area contributed by atoms with Crippen molar-refractivity contribution in [2.75, 3.05) is 7.11 Å². The number of carbonyl (C=O) groups is 1. The van der Waals surface area contributed by atoms with Crippen molar-refractivity contribution >= 4 is 11.6 Å². The number of rotatable bonds is 2. The highest BCUT2D eigenvalue weighted by atomic mass is 19.4. The van der Waals surface area contributed by atoms with Crippen molar-refractivity contribution in [1.82, 2.24) is 5.01 Å². The lowest BCUT2D eigenvalue weighted by Crippen LogP contribution is -2.61. The fourth-order valence-corrected chi connectivity index (χ4v) is 3.47. The van der Waals surface area contributed by atoms with Crippen molar-refractivity contribution in [1.29, 1.82) is 0 Å². The lowest BCUT2D eigenvalue weighted by atomic mass is 9.76. The first-order valence-electron chi connectivity index (χ1n) is 8.03. The van der Waals surface area contributed by atoms with Gasteiger partial charge >= 0.3 is 6.18 Å². The predicted octanol–water partition coefficient (Wildman–Crippen LogP) is 3.19. The molecule has 1 saturated carbocycles. The van der Waals surface area contributed by atoms with E-state index in [4.69, 9.17) is 4.74 Å². The average Bonchev–Trinajstić information content (AvgIpc) is 2.88. The van der Waals surface area contributed by atoms with E-state index in [-0.39, 0.29) is 28.6 Å². The Morgan fingerprint density at radius 3 is 2.56 bits per heavy atom. The summed E-state index contributed by atoms with van der Waals surface area (Å²) in [5, 5.41) is 14.7. The van der Waals surface area contributed by atoms with Crippen LogP contribution in [-0.4, -0.2) is 40.7 Å². The Balaban J connectivity index is 2.00. The molecule has 1 amide bonds. The fourth-order valence-electron chi connectivity index (χ4n) is 3.47. The Bertz CT molecular complexity index is 702. The number of alkyl halides is 3. The van der Waals surface area contributed by atoms with Crippen LogP contribution in [0.5, 0.6) is 5.75 Å². The minimum atomic E-state index is -5.01. The molecular weight excluding hydrogens is 337 g/mol. The molecule has 25 heavy (non-hydrogen) atoms. The van der Waals surface area contributed by atoms with Gasteiger partial charge in [-0.3, -0.25) is 4.79 Å². The SMILES string of the molecule is COc1ccc(C(=O)N2N=C3CC[C@H](C)C[C@@H]3[C@@]2(O)C(F)(F)F)cc1. The number of benzene rings is 1. The van der Waals surface area contributed by atoms with Crippen LogP contribution < -0.4 is 4.74 Å². The first kappa shape index (κ1) is 17.7. The first-order valence-corrected chi connectivity index (χ1v) is 8.03. The molecule has 1 N–H and O–H groups in total. The van der Waals surface area contributed by atoms with Crippen molar-refractivity contribution in [2.45, 2.75) is 38.1 Å². The van der Waals surface area contributed by atoms with Crippen LogP contribution in [0.2, 0.25) is 0 Å². The van der Waals surface area contributed by atoms with Crippen LogP contribution in [0.3, 0.4) is 0 Å². The zero-order valence-corrected chi connectivity index (χ0v) is 13.9. The normalized spacial score (nSPS) is 29.2. The number of carbonyl (C=O) groups excluding carboxylic acids is 1. The lowest BCUT2D eigenvalue weighted by molar-refractivity contribution is -0.313. The van der Waals surface area contributed by atoms with E-state index < -0.39 is 23.7 Å². The highest BCUT2D eigenvalue weighted by Gasteiger charge is 2.68. The van der Waals surface area contributed by atoms with Crippen molar-refractivity contribution in [3.63, 3.8) is 0 Å². The Hall–Kier alpha value is -2.09. The van der Waals surface area contributed by atoms with E-state index in [1.54, 1.807) is 0 Å². The minimum Gasteiger partial charge on any atom is -0.497 e. The fraction of sp³-hybridized carbons (Fsp3) is 0.529. The highest BCUT2D eigenvalue weighted by molar-refractivity contribution is 5.99. The third kappa shape index (κ3) is 2.78. The first-order chi connectivity index (χ1) is 11.7. The monoisotopic (exact) mass is 356 g/mol.